The minimum atomic E-state index is -0.182. The van der Waals surface area contributed by atoms with Crippen LogP contribution in [0.5, 0.6) is 0 Å². The van der Waals surface area contributed by atoms with Crippen LogP contribution in [0.25, 0.3) is 0 Å². The SMILES string of the molecule is CN1CCN(c2cc(NN)nc(C(C)(C)C)n2)CC1=O. The fourth-order valence-electron chi connectivity index (χ4n) is 1.96. The van der Waals surface area contributed by atoms with Gasteiger partial charge in [0.2, 0.25) is 5.91 Å². The molecule has 110 valence electrons. The second-order valence-electron chi connectivity index (χ2n) is 6.07. The molecule has 1 saturated heterocycles. The number of aromatic nitrogens is 2. The molecule has 1 aliphatic heterocycles. The van der Waals surface area contributed by atoms with Gasteiger partial charge in [-0.15, -0.1) is 0 Å². The Morgan fingerprint density at radius 3 is 2.55 bits per heavy atom. The van der Waals surface area contributed by atoms with Gasteiger partial charge in [-0.3, -0.25) is 4.79 Å². The van der Waals surface area contributed by atoms with E-state index >= 15 is 0 Å². The molecule has 0 bridgehead atoms. The fourth-order valence-corrected chi connectivity index (χ4v) is 1.96. The maximum Gasteiger partial charge on any atom is 0.241 e. The third kappa shape index (κ3) is 2.98. The van der Waals surface area contributed by atoms with Crippen molar-refractivity contribution < 1.29 is 4.79 Å². The van der Waals surface area contributed by atoms with Crippen LogP contribution in [0.3, 0.4) is 0 Å². The van der Waals surface area contributed by atoms with E-state index < -0.39 is 0 Å². The van der Waals surface area contributed by atoms with Gasteiger partial charge in [-0.05, 0) is 0 Å². The molecule has 3 N–H and O–H groups in total. The summed E-state index contributed by atoms with van der Waals surface area (Å²) in [5, 5.41) is 0. The number of nitrogen functional groups attached to an aromatic ring is 1. The van der Waals surface area contributed by atoms with Crippen LogP contribution in [-0.2, 0) is 10.2 Å². The summed E-state index contributed by atoms with van der Waals surface area (Å²) in [7, 11) is 1.81. The molecule has 0 aliphatic carbocycles. The molecule has 0 spiro atoms. The van der Waals surface area contributed by atoms with E-state index in [9.17, 15) is 4.79 Å². The Morgan fingerprint density at radius 2 is 2.00 bits per heavy atom. The van der Waals surface area contributed by atoms with Gasteiger partial charge < -0.3 is 15.2 Å². The molecule has 1 amide bonds. The zero-order valence-electron chi connectivity index (χ0n) is 12.5. The summed E-state index contributed by atoms with van der Waals surface area (Å²) in [6.45, 7) is 7.91. The molecule has 1 aromatic heterocycles. The molecular weight excluding hydrogens is 256 g/mol. The number of anilines is 2. The maximum atomic E-state index is 11.8. The third-order valence-electron chi connectivity index (χ3n) is 3.31. The van der Waals surface area contributed by atoms with Crippen molar-refractivity contribution in [3.05, 3.63) is 11.9 Å². The molecule has 0 aromatic carbocycles. The number of rotatable bonds is 2. The lowest BCUT2D eigenvalue weighted by Crippen LogP contribution is -2.49. The van der Waals surface area contributed by atoms with Crippen molar-refractivity contribution in [3.8, 4) is 0 Å². The summed E-state index contributed by atoms with van der Waals surface area (Å²) >= 11 is 0. The van der Waals surface area contributed by atoms with Crippen LogP contribution < -0.4 is 16.2 Å². The number of amides is 1. The van der Waals surface area contributed by atoms with Crippen molar-refractivity contribution in [2.45, 2.75) is 26.2 Å². The van der Waals surface area contributed by atoms with Crippen LogP contribution in [0.15, 0.2) is 6.07 Å². The van der Waals surface area contributed by atoms with Crippen LogP contribution in [0.4, 0.5) is 11.6 Å². The van der Waals surface area contributed by atoms with Crippen molar-refractivity contribution in [2.75, 3.05) is 37.0 Å². The summed E-state index contributed by atoms with van der Waals surface area (Å²) in [6.07, 6.45) is 0. The zero-order chi connectivity index (χ0) is 14.9. The van der Waals surface area contributed by atoms with Gasteiger partial charge in [0.05, 0.1) is 6.54 Å². The van der Waals surface area contributed by atoms with Gasteiger partial charge in [-0.25, -0.2) is 15.8 Å². The van der Waals surface area contributed by atoms with Crippen molar-refractivity contribution in [1.82, 2.24) is 14.9 Å². The minimum absolute atomic E-state index is 0.0921. The number of carbonyl (C=O) groups excluding carboxylic acids is 1. The average Bonchev–Trinajstić information content (AvgIpc) is 2.40. The molecule has 1 fully saturated rings. The smallest absolute Gasteiger partial charge is 0.241 e. The van der Waals surface area contributed by atoms with Crippen molar-refractivity contribution in [2.24, 2.45) is 5.84 Å². The topological polar surface area (TPSA) is 87.4 Å². The molecule has 0 radical (unpaired) electrons. The average molecular weight is 278 g/mol. The number of nitrogens with one attached hydrogen (secondary N) is 1. The molecule has 0 atom stereocenters. The van der Waals surface area contributed by atoms with Gasteiger partial charge in [0, 0.05) is 31.6 Å². The molecule has 7 heteroatoms. The first kappa shape index (κ1) is 14.5. The molecule has 7 nitrogen and oxygen atoms in total. The highest BCUT2D eigenvalue weighted by molar-refractivity contribution is 5.82. The Labute approximate surface area is 119 Å². The molecule has 2 heterocycles. The third-order valence-corrected chi connectivity index (χ3v) is 3.31. The first-order chi connectivity index (χ1) is 9.31. The van der Waals surface area contributed by atoms with E-state index in [1.54, 1.807) is 11.0 Å². The van der Waals surface area contributed by atoms with Crippen molar-refractivity contribution in [3.63, 3.8) is 0 Å². The number of hydrogen-bond acceptors (Lipinski definition) is 6. The van der Waals surface area contributed by atoms with E-state index in [0.29, 0.717) is 24.7 Å². The van der Waals surface area contributed by atoms with Crippen LogP contribution >= 0.6 is 0 Å². The van der Waals surface area contributed by atoms with E-state index in [-0.39, 0.29) is 11.3 Å². The maximum absolute atomic E-state index is 11.8. The Hall–Kier alpha value is -1.89. The lowest BCUT2D eigenvalue weighted by Gasteiger charge is -2.33. The predicted molar refractivity (Wildman–Crippen MR) is 78.4 cm³/mol. The lowest BCUT2D eigenvalue weighted by atomic mass is 9.96. The Balaban J connectivity index is 2.34. The van der Waals surface area contributed by atoms with Gasteiger partial charge in [0.15, 0.2) is 0 Å². The number of likely N-dealkylation sites (N-methyl/N-ethyl adjacent to an activating group) is 1. The molecule has 20 heavy (non-hydrogen) atoms. The van der Waals surface area contributed by atoms with E-state index in [4.69, 9.17) is 5.84 Å². The molecule has 0 saturated carbocycles. The highest BCUT2D eigenvalue weighted by Gasteiger charge is 2.25. The number of piperazine rings is 1. The van der Waals surface area contributed by atoms with Gasteiger partial charge in [-0.1, -0.05) is 20.8 Å². The van der Waals surface area contributed by atoms with Gasteiger partial charge in [0.25, 0.3) is 0 Å². The summed E-state index contributed by atoms with van der Waals surface area (Å²) in [5.74, 6) is 7.57. The molecule has 1 aliphatic rings. The van der Waals surface area contributed by atoms with Crippen LogP contribution in [-0.4, -0.2) is 47.5 Å². The van der Waals surface area contributed by atoms with E-state index in [1.807, 2.05) is 32.7 Å². The molecule has 1 aromatic rings. The van der Waals surface area contributed by atoms with Crippen LogP contribution in [0.2, 0.25) is 0 Å². The number of carbonyl (C=O) groups is 1. The second-order valence-corrected chi connectivity index (χ2v) is 6.07. The summed E-state index contributed by atoms with van der Waals surface area (Å²) in [5.41, 5.74) is 2.38. The minimum Gasteiger partial charge on any atom is -0.345 e. The largest absolute Gasteiger partial charge is 0.345 e. The van der Waals surface area contributed by atoms with Gasteiger partial charge >= 0.3 is 0 Å². The van der Waals surface area contributed by atoms with Crippen molar-refractivity contribution in [1.29, 1.82) is 0 Å². The summed E-state index contributed by atoms with van der Waals surface area (Å²) in [6, 6.07) is 1.77. The van der Waals surface area contributed by atoms with Crippen LogP contribution in [0.1, 0.15) is 26.6 Å². The number of hydrogen-bond donors (Lipinski definition) is 2. The second kappa shape index (κ2) is 5.24. The summed E-state index contributed by atoms with van der Waals surface area (Å²) in [4.78, 5) is 24.5. The van der Waals surface area contributed by atoms with Crippen LogP contribution in [0, 0.1) is 0 Å². The monoisotopic (exact) mass is 278 g/mol. The Kier molecular flexibility index (Phi) is 3.80. The standard InChI is InChI=1S/C13H22N6O/c1-13(2,3)12-15-9(17-14)7-10(16-12)19-6-5-18(4)11(20)8-19/h7H,5-6,8,14H2,1-4H3,(H,15,16,17). The first-order valence-corrected chi connectivity index (χ1v) is 6.66. The van der Waals surface area contributed by atoms with Crippen molar-refractivity contribution >= 4 is 17.5 Å². The quantitative estimate of drug-likeness (QED) is 0.599. The number of nitrogens with two attached hydrogens (primary N) is 1. The Morgan fingerprint density at radius 1 is 1.30 bits per heavy atom. The van der Waals surface area contributed by atoms with E-state index in [2.05, 4.69) is 15.4 Å². The zero-order valence-corrected chi connectivity index (χ0v) is 12.5. The fraction of sp³-hybridized carbons (Fsp3) is 0.615. The number of nitrogens with zero attached hydrogens (tertiary/aromatic N) is 4. The van der Waals surface area contributed by atoms with E-state index in [1.165, 1.54) is 0 Å². The van der Waals surface area contributed by atoms with Gasteiger partial charge in [0.1, 0.15) is 17.5 Å². The molecule has 2 rings (SSSR count). The predicted octanol–water partition coefficient (Wildman–Crippen LogP) is 0.338. The normalized spacial score (nSPS) is 16.6. The lowest BCUT2D eigenvalue weighted by molar-refractivity contribution is -0.129. The number of hydrazine groups is 1. The highest BCUT2D eigenvalue weighted by Crippen LogP contribution is 2.24. The molecular formula is C13H22N6O. The van der Waals surface area contributed by atoms with Gasteiger partial charge in [-0.2, -0.15) is 0 Å². The Bertz CT molecular complexity index is 510. The first-order valence-electron chi connectivity index (χ1n) is 6.66. The van der Waals surface area contributed by atoms with E-state index in [0.717, 1.165) is 12.4 Å². The molecule has 0 unspecified atom stereocenters. The summed E-state index contributed by atoms with van der Waals surface area (Å²) < 4.78 is 0. The highest BCUT2D eigenvalue weighted by atomic mass is 16.2.